The number of ether oxygens (including phenoxy) is 2. The lowest BCUT2D eigenvalue weighted by molar-refractivity contribution is -0.396. The van der Waals surface area contributed by atoms with Crippen molar-refractivity contribution in [1.29, 1.82) is 0 Å². The molecule has 1 rings (SSSR count). The van der Waals surface area contributed by atoms with E-state index in [0.717, 1.165) is 27.7 Å². The predicted molar refractivity (Wildman–Crippen MR) is 203 cm³/mol. The van der Waals surface area contributed by atoms with E-state index < -0.39 is 150 Å². The zero-order chi connectivity index (χ0) is 41.2. The summed E-state index contributed by atoms with van der Waals surface area (Å²) in [5.74, 6) is -19.7. The molecule has 5 atom stereocenters. The second-order valence-electron chi connectivity index (χ2n) is 14.5. The maximum absolute atomic E-state index is 15.0. The lowest BCUT2D eigenvalue weighted by Crippen LogP contribution is -2.94. The van der Waals surface area contributed by atoms with Gasteiger partial charge >= 0.3 is 5.97 Å². The molecule has 302 valence electrons. The van der Waals surface area contributed by atoms with E-state index in [2.05, 4.69) is 0 Å². The van der Waals surface area contributed by atoms with E-state index in [1.54, 1.807) is 0 Å². The molecule has 0 aliphatic carbocycles. The van der Waals surface area contributed by atoms with Gasteiger partial charge in [0, 0.05) is 58.8 Å². The fraction of sp³-hybridized carbons (Fsp3) is 0.839. The smallest absolute Gasteiger partial charge is 0.314 e. The van der Waals surface area contributed by atoms with E-state index >= 15 is 4.79 Å². The van der Waals surface area contributed by atoms with Gasteiger partial charge in [-0.2, -0.15) is 0 Å². The fourth-order valence-corrected chi connectivity index (χ4v) is 7.93. The number of hydrogen-bond acceptors (Lipinski definition) is 11. The summed E-state index contributed by atoms with van der Waals surface area (Å²) >= 11 is 61.0. The van der Waals surface area contributed by atoms with Crippen molar-refractivity contribution in [3.63, 3.8) is 0 Å². The van der Waals surface area contributed by atoms with Gasteiger partial charge in [0.05, 0.1) is 27.1 Å². The number of alkyl halides is 10. The molecular formula is C31H42Cl10O11. The van der Waals surface area contributed by atoms with Gasteiger partial charge in [-0.25, -0.2) is 0 Å². The average molecular weight is 945 g/mol. The molecule has 1 aliphatic heterocycles. The van der Waals surface area contributed by atoms with Crippen LogP contribution in [0.15, 0.2) is 0 Å². The molecule has 0 aromatic carbocycles. The molecule has 0 spiro atoms. The standard InChI is InChI=1S/C31H42Cl10O11/c1-23(7-32,8-33)18(42)28(47)17(6-51-22(46)27(5,15-40)16-41)52-31(50,21(45)26(4,13-38)14-39)30(49,20(44)25(3,11-36)12-37)29(28,48)19(43)24(2,9-34)10-35/h17,47-50H,6-16H2,1-5H3/t17-,28+,29+,30-,31?/m1/s1. The van der Waals surface area contributed by atoms with Crippen LogP contribution in [-0.4, -0.2) is 144 Å². The molecule has 0 radical (unpaired) electrons. The van der Waals surface area contributed by atoms with Crippen molar-refractivity contribution in [3.8, 4) is 0 Å². The SMILES string of the molecule is CC(CCl)(CCl)C(=O)OC[C@H]1OC(O)(C(=O)C(C)(CCl)CCl)[C@@](O)(C(=O)C(C)(CCl)CCl)[C@](O)(C(=O)C(C)(CCl)CCl)[C@@]1(O)C(=O)C(C)(CCl)CCl. The average Bonchev–Trinajstić information content (AvgIpc) is 3.17. The zero-order valence-electron chi connectivity index (χ0n) is 28.8. The second kappa shape index (κ2) is 18.2. The van der Waals surface area contributed by atoms with Crippen LogP contribution < -0.4 is 0 Å². The van der Waals surface area contributed by atoms with Crippen LogP contribution >= 0.6 is 116 Å². The van der Waals surface area contributed by atoms with Crippen LogP contribution in [0.2, 0.25) is 0 Å². The number of rotatable bonds is 21. The molecule has 52 heavy (non-hydrogen) atoms. The molecule has 1 fully saturated rings. The van der Waals surface area contributed by atoms with Gasteiger partial charge in [-0.1, -0.05) is 27.7 Å². The van der Waals surface area contributed by atoms with Crippen molar-refractivity contribution in [2.24, 2.45) is 27.1 Å². The Bertz CT molecular complexity index is 1350. The lowest BCUT2D eigenvalue weighted by Gasteiger charge is -2.63. The molecule has 1 heterocycles. The Balaban J connectivity index is 4.89. The third-order valence-corrected chi connectivity index (χ3v) is 15.6. The van der Waals surface area contributed by atoms with Crippen molar-refractivity contribution < 1.29 is 53.9 Å². The first-order valence-electron chi connectivity index (χ1n) is 15.3. The van der Waals surface area contributed by atoms with E-state index in [1.807, 2.05) is 0 Å². The molecule has 21 heteroatoms. The third-order valence-electron chi connectivity index (χ3n) is 9.66. The second-order valence-corrected chi connectivity index (χ2v) is 17.2. The van der Waals surface area contributed by atoms with Crippen LogP contribution in [0, 0.1) is 27.1 Å². The van der Waals surface area contributed by atoms with E-state index in [1.165, 1.54) is 6.92 Å². The Morgan fingerprint density at radius 3 is 1.12 bits per heavy atom. The van der Waals surface area contributed by atoms with Gasteiger partial charge in [-0.3, -0.25) is 24.0 Å². The summed E-state index contributed by atoms with van der Waals surface area (Å²) in [6, 6.07) is 0. The van der Waals surface area contributed by atoms with Gasteiger partial charge in [0.1, 0.15) is 12.7 Å². The maximum atomic E-state index is 15.0. The molecule has 0 aromatic heterocycles. The minimum Gasteiger partial charge on any atom is -0.462 e. The van der Waals surface area contributed by atoms with Crippen LogP contribution in [0.25, 0.3) is 0 Å². The van der Waals surface area contributed by atoms with Gasteiger partial charge in [-0.15, -0.1) is 116 Å². The molecule has 0 amide bonds. The summed E-state index contributed by atoms with van der Waals surface area (Å²) in [5.41, 5.74) is -23.6. The first-order chi connectivity index (χ1) is 23.7. The molecule has 4 N–H and O–H groups in total. The van der Waals surface area contributed by atoms with E-state index in [9.17, 15) is 39.6 Å². The number of carbonyl (C=O) groups is 5. The Labute approximate surface area is 352 Å². The number of esters is 1. The minimum absolute atomic E-state index is 0.428. The van der Waals surface area contributed by atoms with Crippen LogP contribution in [0.3, 0.4) is 0 Å². The van der Waals surface area contributed by atoms with E-state index in [0.29, 0.717) is 0 Å². The normalized spacial score (nSPS) is 27.6. The number of carbonyl (C=O) groups excluding carboxylic acids is 5. The van der Waals surface area contributed by atoms with Crippen molar-refractivity contribution in [2.75, 3.05) is 65.4 Å². The molecule has 1 unspecified atom stereocenters. The molecule has 0 aromatic rings. The Kier molecular flexibility index (Phi) is 17.8. The number of aliphatic hydroxyl groups is 4. The Hall–Kier alpha value is 0.850. The number of Topliss-reactive ketones (excluding diaryl/α,β-unsaturated/α-hetero) is 4. The fourth-order valence-electron chi connectivity index (χ4n) is 5.31. The summed E-state index contributed by atoms with van der Waals surface area (Å²) in [5, 5.41) is 51.7. The van der Waals surface area contributed by atoms with Crippen LogP contribution in [0.1, 0.15) is 34.6 Å². The topological polar surface area (TPSA) is 185 Å². The van der Waals surface area contributed by atoms with Gasteiger partial charge in [0.15, 0.2) is 23.0 Å². The van der Waals surface area contributed by atoms with Gasteiger partial charge in [0.2, 0.25) is 17.0 Å². The lowest BCUT2D eigenvalue weighted by atomic mass is 9.50. The highest BCUT2D eigenvalue weighted by Gasteiger charge is 2.88. The van der Waals surface area contributed by atoms with Gasteiger partial charge in [0.25, 0.3) is 5.79 Å². The van der Waals surface area contributed by atoms with Crippen molar-refractivity contribution in [1.82, 2.24) is 0 Å². The predicted octanol–water partition coefficient (Wildman–Crippen LogP) is 4.51. The highest BCUT2D eigenvalue weighted by molar-refractivity contribution is 6.30. The zero-order valence-corrected chi connectivity index (χ0v) is 36.3. The highest BCUT2D eigenvalue weighted by Crippen LogP contribution is 2.57. The summed E-state index contributed by atoms with van der Waals surface area (Å²) < 4.78 is 11.1. The molecule has 11 nitrogen and oxygen atoms in total. The Morgan fingerprint density at radius 2 is 0.788 bits per heavy atom. The van der Waals surface area contributed by atoms with Crippen LogP contribution in [-0.2, 0) is 33.4 Å². The summed E-state index contributed by atoms with van der Waals surface area (Å²) in [6.07, 6.45) is -2.75. The number of halogens is 10. The number of ketones is 4. The van der Waals surface area contributed by atoms with Crippen molar-refractivity contribution in [3.05, 3.63) is 0 Å². The molecular weight excluding hydrogens is 903 g/mol. The maximum Gasteiger partial charge on any atom is 0.314 e. The Morgan fingerprint density at radius 1 is 0.500 bits per heavy atom. The first-order valence-corrected chi connectivity index (χ1v) is 20.6. The monoisotopic (exact) mass is 940 g/mol. The van der Waals surface area contributed by atoms with Gasteiger partial charge < -0.3 is 29.9 Å². The van der Waals surface area contributed by atoms with Crippen LogP contribution in [0.5, 0.6) is 0 Å². The molecule has 1 aliphatic rings. The van der Waals surface area contributed by atoms with Gasteiger partial charge in [-0.05, 0) is 6.92 Å². The third kappa shape index (κ3) is 7.73. The summed E-state index contributed by atoms with van der Waals surface area (Å²) in [7, 11) is 0. The minimum atomic E-state index is -4.48. The summed E-state index contributed by atoms with van der Waals surface area (Å²) in [6.45, 7) is 4.06. The van der Waals surface area contributed by atoms with Crippen LogP contribution in [0.4, 0.5) is 0 Å². The van der Waals surface area contributed by atoms with E-state index in [-0.39, 0.29) is 0 Å². The molecule has 1 saturated heterocycles. The first kappa shape index (κ1) is 50.9. The van der Waals surface area contributed by atoms with Crippen molar-refractivity contribution >= 4 is 145 Å². The quantitative estimate of drug-likeness (QED) is 0.0939. The summed E-state index contributed by atoms with van der Waals surface area (Å²) in [4.78, 5) is 72.7. The largest absolute Gasteiger partial charge is 0.462 e. The van der Waals surface area contributed by atoms with E-state index in [4.69, 9.17) is 125 Å². The highest BCUT2D eigenvalue weighted by atomic mass is 35.5. The number of hydrogen-bond donors (Lipinski definition) is 4. The molecule has 0 bridgehead atoms. The molecule has 0 saturated carbocycles. The van der Waals surface area contributed by atoms with Crippen molar-refractivity contribution in [2.45, 2.75) is 63.3 Å².